The molecule has 32 heavy (non-hydrogen) atoms. The normalized spacial score (nSPS) is 20.9. The zero-order valence-electron chi connectivity index (χ0n) is 17.7. The van der Waals surface area contributed by atoms with Crippen molar-refractivity contribution in [2.75, 3.05) is 11.9 Å². The van der Waals surface area contributed by atoms with Gasteiger partial charge in [0.05, 0.1) is 10.6 Å². The van der Waals surface area contributed by atoms with Crippen molar-refractivity contribution in [3.05, 3.63) is 52.5 Å². The molecule has 1 saturated heterocycles. The first-order valence-electron chi connectivity index (χ1n) is 10.3. The maximum atomic E-state index is 13.5. The SMILES string of the molecule is Cc1cc2c(cc1S(=O)(=O)N1CCC[C@H]1C(=O)NCc1ccccc1Cl)O[C@H](C)C(=O)N2. The molecule has 2 aliphatic rings. The monoisotopic (exact) mass is 477 g/mol. The van der Waals surface area contributed by atoms with E-state index in [0.717, 1.165) is 5.56 Å². The highest BCUT2D eigenvalue weighted by Gasteiger charge is 2.40. The smallest absolute Gasteiger partial charge is 0.265 e. The summed E-state index contributed by atoms with van der Waals surface area (Å²) in [6.45, 7) is 3.70. The Morgan fingerprint density at radius 3 is 2.81 bits per heavy atom. The first-order valence-corrected chi connectivity index (χ1v) is 12.2. The minimum Gasteiger partial charge on any atom is -0.479 e. The molecule has 2 N–H and O–H groups in total. The van der Waals surface area contributed by atoms with Crippen molar-refractivity contribution in [2.45, 2.75) is 50.3 Å². The lowest BCUT2D eigenvalue weighted by molar-refractivity contribution is -0.124. The lowest BCUT2D eigenvalue weighted by Crippen LogP contribution is -2.45. The molecule has 4 rings (SSSR count). The van der Waals surface area contributed by atoms with Gasteiger partial charge >= 0.3 is 0 Å². The van der Waals surface area contributed by atoms with Gasteiger partial charge in [-0.3, -0.25) is 9.59 Å². The van der Waals surface area contributed by atoms with Crippen LogP contribution in [0.3, 0.4) is 0 Å². The molecule has 0 unspecified atom stereocenters. The molecule has 0 spiro atoms. The van der Waals surface area contributed by atoms with Crippen LogP contribution in [0.15, 0.2) is 41.3 Å². The number of benzene rings is 2. The number of nitrogens with zero attached hydrogens (tertiary/aromatic N) is 1. The van der Waals surface area contributed by atoms with E-state index < -0.39 is 22.2 Å². The molecule has 0 saturated carbocycles. The number of anilines is 1. The highest BCUT2D eigenvalue weighted by molar-refractivity contribution is 7.89. The Kier molecular flexibility index (Phi) is 6.15. The van der Waals surface area contributed by atoms with Crippen LogP contribution in [0.25, 0.3) is 0 Å². The highest BCUT2D eigenvalue weighted by atomic mass is 35.5. The van der Waals surface area contributed by atoms with Gasteiger partial charge in [-0.15, -0.1) is 0 Å². The first kappa shape index (κ1) is 22.6. The molecule has 0 aliphatic carbocycles. The number of fused-ring (bicyclic) bond motifs is 1. The van der Waals surface area contributed by atoms with Gasteiger partial charge in [-0.1, -0.05) is 29.8 Å². The van der Waals surface area contributed by atoms with Gasteiger partial charge in [0, 0.05) is 24.2 Å². The zero-order valence-corrected chi connectivity index (χ0v) is 19.3. The average Bonchev–Trinajstić information content (AvgIpc) is 3.25. The molecule has 8 nitrogen and oxygen atoms in total. The van der Waals surface area contributed by atoms with Crippen molar-refractivity contribution < 1.29 is 22.7 Å². The maximum Gasteiger partial charge on any atom is 0.265 e. The second-order valence-corrected chi connectivity index (χ2v) is 10.2. The van der Waals surface area contributed by atoms with Crippen molar-refractivity contribution >= 4 is 39.1 Å². The van der Waals surface area contributed by atoms with Crippen LogP contribution in [-0.2, 0) is 26.2 Å². The number of hydrogen-bond donors (Lipinski definition) is 2. The van der Waals surface area contributed by atoms with Crippen LogP contribution in [-0.4, -0.2) is 43.2 Å². The van der Waals surface area contributed by atoms with E-state index in [-0.39, 0.29) is 29.8 Å². The number of hydrogen-bond acceptors (Lipinski definition) is 5. The van der Waals surface area contributed by atoms with Gasteiger partial charge in [0.25, 0.3) is 5.91 Å². The van der Waals surface area contributed by atoms with Crippen LogP contribution >= 0.6 is 11.6 Å². The first-order chi connectivity index (χ1) is 15.2. The predicted octanol–water partition coefficient (Wildman–Crippen LogP) is 2.84. The summed E-state index contributed by atoms with van der Waals surface area (Å²) in [6, 6.07) is 9.36. The Morgan fingerprint density at radius 2 is 2.06 bits per heavy atom. The van der Waals surface area contributed by atoms with E-state index in [9.17, 15) is 18.0 Å². The highest BCUT2D eigenvalue weighted by Crippen LogP contribution is 2.37. The van der Waals surface area contributed by atoms with Crippen molar-refractivity contribution in [1.29, 1.82) is 0 Å². The number of carbonyl (C=O) groups excluding carboxylic acids is 2. The lowest BCUT2D eigenvalue weighted by Gasteiger charge is -2.27. The molecule has 2 amide bonds. The fourth-order valence-electron chi connectivity index (χ4n) is 3.98. The number of nitrogens with one attached hydrogen (secondary N) is 2. The largest absolute Gasteiger partial charge is 0.479 e. The molecule has 0 radical (unpaired) electrons. The Labute approximate surface area is 191 Å². The van der Waals surface area contributed by atoms with Crippen molar-refractivity contribution in [1.82, 2.24) is 9.62 Å². The van der Waals surface area contributed by atoms with Crippen LogP contribution in [0.2, 0.25) is 5.02 Å². The number of sulfonamides is 1. The fourth-order valence-corrected chi connectivity index (χ4v) is 6.06. The Balaban J connectivity index is 1.57. The van der Waals surface area contributed by atoms with Gasteiger partial charge < -0.3 is 15.4 Å². The summed E-state index contributed by atoms with van der Waals surface area (Å²) in [5, 5.41) is 6.06. The number of ether oxygens (including phenoxy) is 1. The minimum atomic E-state index is -3.97. The van der Waals surface area contributed by atoms with Crippen LogP contribution in [0, 0.1) is 6.92 Å². The lowest BCUT2D eigenvalue weighted by atomic mass is 10.1. The van der Waals surface area contributed by atoms with Gasteiger partial charge in [-0.05, 0) is 49.9 Å². The molecule has 1 fully saturated rings. The molecule has 2 heterocycles. The van der Waals surface area contributed by atoms with Crippen LogP contribution in [0.4, 0.5) is 5.69 Å². The van der Waals surface area contributed by atoms with Crippen LogP contribution in [0.5, 0.6) is 5.75 Å². The summed E-state index contributed by atoms with van der Waals surface area (Å²) in [5.74, 6) is -0.360. The Morgan fingerprint density at radius 1 is 1.31 bits per heavy atom. The minimum absolute atomic E-state index is 0.0606. The molecular formula is C22H24ClN3O5S. The average molecular weight is 478 g/mol. The van der Waals surface area contributed by atoms with Crippen LogP contribution in [0.1, 0.15) is 30.9 Å². The summed E-state index contributed by atoms with van der Waals surface area (Å²) in [6.07, 6.45) is 0.286. The number of aryl methyl sites for hydroxylation is 1. The molecule has 2 aromatic rings. The summed E-state index contributed by atoms with van der Waals surface area (Å²) >= 11 is 6.15. The van der Waals surface area contributed by atoms with E-state index in [1.54, 1.807) is 32.0 Å². The maximum absolute atomic E-state index is 13.5. The second-order valence-electron chi connectivity index (χ2n) is 7.95. The summed E-state index contributed by atoms with van der Waals surface area (Å²) in [5.41, 5.74) is 1.65. The van der Waals surface area contributed by atoms with Gasteiger partial charge in [0.1, 0.15) is 11.8 Å². The topological polar surface area (TPSA) is 105 Å². The van der Waals surface area contributed by atoms with Crippen molar-refractivity contribution in [2.24, 2.45) is 0 Å². The van der Waals surface area contributed by atoms with Crippen molar-refractivity contribution in [3.63, 3.8) is 0 Å². The van der Waals surface area contributed by atoms with E-state index in [0.29, 0.717) is 34.9 Å². The van der Waals surface area contributed by atoms with E-state index in [1.807, 2.05) is 12.1 Å². The molecule has 170 valence electrons. The zero-order chi connectivity index (χ0) is 23.0. The van der Waals surface area contributed by atoms with Gasteiger partial charge in [0.15, 0.2) is 6.10 Å². The van der Waals surface area contributed by atoms with Gasteiger partial charge in [0.2, 0.25) is 15.9 Å². The Bertz CT molecular complexity index is 1180. The van der Waals surface area contributed by atoms with E-state index >= 15 is 0 Å². The third-order valence-electron chi connectivity index (χ3n) is 5.71. The summed E-state index contributed by atoms with van der Waals surface area (Å²) in [7, 11) is -3.97. The number of carbonyl (C=O) groups is 2. The van der Waals surface area contributed by atoms with Gasteiger partial charge in [-0.2, -0.15) is 4.31 Å². The third kappa shape index (κ3) is 4.20. The molecule has 10 heteroatoms. The van der Waals surface area contributed by atoms with Crippen molar-refractivity contribution in [3.8, 4) is 5.75 Å². The molecule has 2 aromatic carbocycles. The summed E-state index contributed by atoms with van der Waals surface area (Å²) < 4.78 is 33.9. The third-order valence-corrected chi connectivity index (χ3v) is 8.13. The second kappa shape index (κ2) is 8.73. The van der Waals surface area contributed by atoms with Crippen LogP contribution < -0.4 is 15.4 Å². The van der Waals surface area contributed by atoms with E-state index in [1.165, 1.54) is 10.4 Å². The number of amides is 2. The molecular weight excluding hydrogens is 454 g/mol. The van der Waals surface area contributed by atoms with Gasteiger partial charge in [-0.25, -0.2) is 8.42 Å². The molecule has 0 aromatic heterocycles. The fraction of sp³-hybridized carbons (Fsp3) is 0.364. The number of rotatable bonds is 5. The molecule has 2 atom stereocenters. The van der Waals surface area contributed by atoms with E-state index in [4.69, 9.17) is 16.3 Å². The Hall–Kier alpha value is -2.62. The number of halogens is 1. The summed E-state index contributed by atoms with van der Waals surface area (Å²) in [4.78, 5) is 24.8. The molecule has 2 aliphatic heterocycles. The van der Waals surface area contributed by atoms with E-state index in [2.05, 4.69) is 10.6 Å². The molecule has 0 bridgehead atoms. The standard InChI is InChI=1S/C22H24ClN3O5S/c1-13-10-17-19(31-14(2)21(27)25-17)11-20(13)32(29,30)26-9-5-8-18(26)22(28)24-12-15-6-3-4-7-16(15)23/h3-4,6-7,10-11,14,18H,5,8-9,12H2,1-2H3,(H,24,28)(H,25,27)/t14-,18+/m1/s1. The predicted molar refractivity (Wildman–Crippen MR) is 120 cm³/mol. The quantitative estimate of drug-likeness (QED) is 0.689.